The van der Waals surface area contributed by atoms with E-state index in [-0.39, 0.29) is 23.4 Å². The Morgan fingerprint density at radius 1 is 0.971 bits per heavy atom. The van der Waals surface area contributed by atoms with Gasteiger partial charge in [-0.2, -0.15) is 4.98 Å². The Morgan fingerprint density at radius 3 is 2.53 bits per heavy atom. The largest absolute Gasteiger partial charge is 0.332 e. The van der Waals surface area contributed by atoms with Gasteiger partial charge in [-0.3, -0.25) is 4.79 Å². The van der Waals surface area contributed by atoms with Crippen LogP contribution in [0.1, 0.15) is 15.9 Å². The van der Waals surface area contributed by atoms with Crippen LogP contribution >= 0.6 is 0 Å². The molecule has 0 atom stereocenters. The zero-order valence-corrected chi connectivity index (χ0v) is 17.7. The van der Waals surface area contributed by atoms with Gasteiger partial charge in [-0.1, -0.05) is 29.4 Å². The Morgan fingerprint density at radius 2 is 1.76 bits per heavy atom. The fraction of sp³-hybridized carbons (Fsp3) is 0.0400. The third-order valence-electron chi connectivity index (χ3n) is 5.04. The minimum absolute atomic E-state index is 0.233. The van der Waals surface area contributed by atoms with E-state index in [1.165, 1.54) is 36.4 Å². The van der Waals surface area contributed by atoms with Crippen LogP contribution in [0.5, 0.6) is 0 Å². The fourth-order valence-electron chi connectivity index (χ4n) is 3.34. The minimum Gasteiger partial charge on any atom is -0.332 e. The summed E-state index contributed by atoms with van der Waals surface area (Å²) < 4.78 is 33.6. The maximum absolute atomic E-state index is 13.4. The van der Waals surface area contributed by atoms with Crippen LogP contribution in [0.4, 0.5) is 14.5 Å². The summed E-state index contributed by atoms with van der Waals surface area (Å²) in [4.78, 5) is 20.9. The standard InChI is InChI=1S/C25H17F2N5O2/c26-19-8-6-17(7-9-19)24(33)29-21-10-4-16(5-11-21)13-32-14-22(28-15-32)25-30-23(31-34-25)18-2-1-3-20(27)12-18/h1-12,14-15H,13H2,(H,29,33). The van der Waals surface area contributed by atoms with Crippen molar-refractivity contribution in [1.82, 2.24) is 19.7 Å². The number of carbonyl (C=O) groups is 1. The van der Waals surface area contributed by atoms with Crippen LogP contribution in [-0.4, -0.2) is 25.6 Å². The Bertz CT molecular complexity index is 1440. The molecule has 3 aromatic carbocycles. The lowest BCUT2D eigenvalue weighted by molar-refractivity contribution is 0.102. The van der Waals surface area contributed by atoms with Crippen molar-refractivity contribution in [3.8, 4) is 23.0 Å². The van der Waals surface area contributed by atoms with Gasteiger partial charge in [0.1, 0.15) is 17.3 Å². The highest BCUT2D eigenvalue weighted by Gasteiger charge is 2.14. The van der Waals surface area contributed by atoms with Crippen molar-refractivity contribution in [3.05, 3.63) is 108 Å². The first-order valence-corrected chi connectivity index (χ1v) is 10.3. The summed E-state index contributed by atoms with van der Waals surface area (Å²) in [5, 5.41) is 6.68. The number of halogens is 2. The van der Waals surface area contributed by atoms with Crippen LogP contribution in [0.25, 0.3) is 23.0 Å². The summed E-state index contributed by atoms with van der Waals surface area (Å²) in [6.45, 7) is 0.532. The van der Waals surface area contributed by atoms with Gasteiger partial charge < -0.3 is 14.4 Å². The number of nitrogens with zero attached hydrogens (tertiary/aromatic N) is 4. The highest BCUT2D eigenvalue weighted by molar-refractivity contribution is 6.04. The van der Waals surface area contributed by atoms with Gasteiger partial charge >= 0.3 is 0 Å². The lowest BCUT2D eigenvalue weighted by Gasteiger charge is -2.07. The number of aromatic nitrogens is 4. The number of benzene rings is 3. The predicted octanol–water partition coefficient (Wildman–Crippen LogP) is 5.18. The van der Waals surface area contributed by atoms with Crippen molar-refractivity contribution >= 4 is 11.6 Å². The summed E-state index contributed by atoms with van der Waals surface area (Å²) in [7, 11) is 0. The molecular formula is C25H17F2N5O2. The molecule has 168 valence electrons. The van der Waals surface area contributed by atoms with Gasteiger partial charge in [0, 0.05) is 29.6 Å². The van der Waals surface area contributed by atoms with Crippen LogP contribution in [-0.2, 0) is 6.54 Å². The maximum Gasteiger partial charge on any atom is 0.278 e. The van der Waals surface area contributed by atoms with E-state index in [2.05, 4.69) is 20.4 Å². The molecule has 34 heavy (non-hydrogen) atoms. The molecule has 1 N–H and O–H groups in total. The molecule has 0 bridgehead atoms. The summed E-state index contributed by atoms with van der Waals surface area (Å²) in [6, 6.07) is 18.6. The van der Waals surface area contributed by atoms with Crippen molar-refractivity contribution in [2.24, 2.45) is 0 Å². The van der Waals surface area contributed by atoms with Gasteiger partial charge in [0.2, 0.25) is 5.82 Å². The zero-order valence-electron chi connectivity index (χ0n) is 17.7. The molecule has 9 heteroatoms. The molecule has 2 heterocycles. The molecule has 0 unspecified atom stereocenters. The summed E-state index contributed by atoms with van der Waals surface area (Å²) in [6.07, 6.45) is 3.42. The number of hydrogen-bond donors (Lipinski definition) is 1. The molecule has 0 saturated carbocycles. The van der Waals surface area contributed by atoms with Gasteiger partial charge in [-0.15, -0.1) is 0 Å². The first-order chi connectivity index (χ1) is 16.5. The quantitative estimate of drug-likeness (QED) is 0.380. The van der Waals surface area contributed by atoms with Crippen molar-refractivity contribution in [2.75, 3.05) is 5.32 Å². The van der Waals surface area contributed by atoms with E-state index in [4.69, 9.17) is 4.52 Å². The average Bonchev–Trinajstić information content (AvgIpc) is 3.51. The normalized spacial score (nSPS) is 10.9. The van der Waals surface area contributed by atoms with E-state index in [9.17, 15) is 13.6 Å². The monoisotopic (exact) mass is 457 g/mol. The Hall–Kier alpha value is -4.66. The topological polar surface area (TPSA) is 85.8 Å². The smallest absolute Gasteiger partial charge is 0.278 e. The second-order valence-electron chi connectivity index (χ2n) is 7.52. The van der Waals surface area contributed by atoms with E-state index in [0.29, 0.717) is 29.1 Å². The lowest BCUT2D eigenvalue weighted by Crippen LogP contribution is -2.11. The molecule has 0 aliphatic rings. The van der Waals surface area contributed by atoms with Crippen LogP contribution in [0, 0.1) is 11.6 Å². The third-order valence-corrected chi connectivity index (χ3v) is 5.04. The van der Waals surface area contributed by atoms with Crippen molar-refractivity contribution in [1.29, 1.82) is 0 Å². The van der Waals surface area contributed by atoms with Crippen molar-refractivity contribution in [2.45, 2.75) is 6.54 Å². The van der Waals surface area contributed by atoms with Crippen LogP contribution in [0.3, 0.4) is 0 Å². The SMILES string of the molecule is O=C(Nc1ccc(Cn2cnc(-c3nc(-c4cccc(F)c4)no3)c2)cc1)c1ccc(F)cc1. The third kappa shape index (κ3) is 4.73. The average molecular weight is 457 g/mol. The number of rotatable bonds is 6. The lowest BCUT2D eigenvalue weighted by atomic mass is 10.1. The molecule has 1 amide bonds. The summed E-state index contributed by atoms with van der Waals surface area (Å²) >= 11 is 0. The van der Waals surface area contributed by atoms with Crippen molar-refractivity contribution < 1.29 is 18.1 Å². The number of hydrogen-bond acceptors (Lipinski definition) is 5. The molecule has 0 aliphatic carbocycles. The van der Waals surface area contributed by atoms with E-state index in [1.807, 2.05) is 16.7 Å². The molecule has 5 aromatic rings. The molecule has 2 aromatic heterocycles. The number of amides is 1. The van der Waals surface area contributed by atoms with E-state index >= 15 is 0 Å². The van der Waals surface area contributed by atoms with Crippen LogP contribution < -0.4 is 5.32 Å². The van der Waals surface area contributed by atoms with Crippen molar-refractivity contribution in [3.63, 3.8) is 0 Å². The molecule has 0 spiro atoms. The Kier molecular flexibility index (Phi) is 5.65. The molecule has 0 fully saturated rings. The number of anilines is 1. The van der Waals surface area contributed by atoms with Gasteiger partial charge in [0.15, 0.2) is 0 Å². The van der Waals surface area contributed by atoms with Gasteiger partial charge in [0.25, 0.3) is 11.8 Å². The summed E-state index contributed by atoms with van der Waals surface area (Å²) in [5.74, 6) is -0.577. The first kappa shape index (κ1) is 21.2. The van der Waals surface area contributed by atoms with E-state index < -0.39 is 5.82 Å². The van der Waals surface area contributed by atoms with E-state index in [1.54, 1.807) is 36.8 Å². The Labute approximate surface area is 192 Å². The number of imidazole rings is 1. The van der Waals surface area contributed by atoms with Crippen LogP contribution in [0.15, 0.2) is 89.8 Å². The highest BCUT2D eigenvalue weighted by Crippen LogP contribution is 2.22. The fourth-order valence-corrected chi connectivity index (χ4v) is 3.34. The molecule has 7 nitrogen and oxygen atoms in total. The zero-order chi connectivity index (χ0) is 23.5. The minimum atomic E-state index is -0.394. The first-order valence-electron chi connectivity index (χ1n) is 10.3. The maximum atomic E-state index is 13.4. The van der Waals surface area contributed by atoms with Gasteiger partial charge in [-0.05, 0) is 54.1 Å². The summed E-state index contributed by atoms with van der Waals surface area (Å²) in [5.41, 5.74) is 2.99. The Balaban J connectivity index is 1.23. The highest BCUT2D eigenvalue weighted by atomic mass is 19.1. The van der Waals surface area contributed by atoms with E-state index in [0.717, 1.165) is 5.56 Å². The molecule has 0 saturated heterocycles. The molecule has 0 radical (unpaired) electrons. The predicted molar refractivity (Wildman–Crippen MR) is 121 cm³/mol. The van der Waals surface area contributed by atoms with Crippen LogP contribution in [0.2, 0.25) is 0 Å². The number of nitrogens with one attached hydrogen (secondary N) is 1. The second-order valence-corrected chi connectivity index (χ2v) is 7.52. The van der Waals surface area contributed by atoms with Gasteiger partial charge in [0.05, 0.1) is 6.33 Å². The second kappa shape index (κ2) is 9.07. The molecular weight excluding hydrogens is 440 g/mol. The number of carbonyl (C=O) groups excluding carboxylic acids is 1. The van der Waals surface area contributed by atoms with Gasteiger partial charge in [-0.25, -0.2) is 13.8 Å². The molecule has 0 aliphatic heterocycles. The molecule has 5 rings (SSSR count).